The monoisotopic (exact) mass is 535 g/mol. The molecule has 3 atom stereocenters. The van der Waals surface area contributed by atoms with Crippen LogP contribution in [0, 0.1) is 5.41 Å². The number of rotatable bonds is 5. The lowest BCUT2D eigenvalue weighted by atomic mass is 9.65. The molecule has 1 saturated heterocycles. The predicted octanol–water partition coefficient (Wildman–Crippen LogP) is 5.70. The molecule has 0 aromatic heterocycles. The van der Waals surface area contributed by atoms with Crippen LogP contribution in [0.1, 0.15) is 39.0 Å². The zero-order valence-electron chi connectivity index (χ0n) is 20.1. The highest BCUT2D eigenvalue weighted by molar-refractivity contribution is 6.37. The van der Waals surface area contributed by atoms with Crippen LogP contribution in [-0.4, -0.2) is 42.9 Å². The van der Waals surface area contributed by atoms with Crippen molar-refractivity contribution in [2.24, 2.45) is 5.41 Å². The minimum atomic E-state index is -1.90. The van der Waals surface area contributed by atoms with Gasteiger partial charge in [-0.25, -0.2) is 0 Å². The Kier molecular flexibility index (Phi) is 6.56. The summed E-state index contributed by atoms with van der Waals surface area (Å²) in [5.74, 6) is -2.90. The van der Waals surface area contributed by atoms with Crippen molar-refractivity contribution in [3.05, 3.63) is 111 Å². The van der Waals surface area contributed by atoms with Crippen LogP contribution in [0.2, 0.25) is 10.0 Å². The van der Waals surface area contributed by atoms with E-state index in [0.29, 0.717) is 16.1 Å². The van der Waals surface area contributed by atoms with Gasteiger partial charge in [-0.15, -0.1) is 0 Å². The third-order valence-electron chi connectivity index (χ3n) is 7.24. The average molecular weight is 536 g/mol. The number of ketones is 1. The molecule has 2 aliphatic heterocycles. The lowest BCUT2D eigenvalue weighted by molar-refractivity contribution is -0.172. The first kappa shape index (κ1) is 25.1. The van der Waals surface area contributed by atoms with E-state index in [9.17, 15) is 14.4 Å². The number of esters is 2. The molecular formula is C29H23Cl2NO5. The van der Waals surface area contributed by atoms with Gasteiger partial charge in [0.2, 0.25) is 0 Å². The zero-order valence-corrected chi connectivity index (χ0v) is 21.6. The van der Waals surface area contributed by atoms with Crippen LogP contribution in [0.25, 0.3) is 6.08 Å². The molecule has 188 valence electrons. The Labute approximate surface area is 224 Å². The van der Waals surface area contributed by atoms with Crippen LogP contribution in [0.4, 0.5) is 0 Å². The van der Waals surface area contributed by atoms with Gasteiger partial charge < -0.3 is 14.4 Å². The predicted molar refractivity (Wildman–Crippen MR) is 140 cm³/mol. The highest BCUT2D eigenvalue weighted by Gasteiger charge is 2.71. The number of hydrogen-bond donors (Lipinski definition) is 0. The molecule has 3 aromatic carbocycles. The Morgan fingerprint density at radius 2 is 1.51 bits per heavy atom. The standard InChI is InChI=1S/C29H23Cl2NO5/c1-36-27(34)29(28(35)37-2)23(18-9-4-3-5-10-18)24(25(33)21-13-12-19(30)16-22(21)31)32-15-14-17-8-6-7-11-20(17)26(29)32/h3-16,23-24,26H,1-2H3. The summed E-state index contributed by atoms with van der Waals surface area (Å²) in [6.07, 6.45) is 3.62. The Morgan fingerprint density at radius 3 is 2.16 bits per heavy atom. The molecule has 2 heterocycles. The first-order valence-electron chi connectivity index (χ1n) is 11.6. The summed E-state index contributed by atoms with van der Waals surface area (Å²) in [5, 5.41) is 0.562. The molecule has 0 N–H and O–H groups in total. The number of carbonyl (C=O) groups excluding carboxylic acids is 3. The Hall–Kier alpha value is -3.61. The van der Waals surface area contributed by atoms with E-state index in [2.05, 4.69) is 0 Å². The van der Waals surface area contributed by atoms with Gasteiger partial charge in [0.1, 0.15) is 6.04 Å². The quantitative estimate of drug-likeness (QED) is 0.237. The van der Waals surface area contributed by atoms with Crippen molar-refractivity contribution in [2.45, 2.75) is 18.0 Å². The van der Waals surface area contributed by atoms with Gasteiger partial charge in [0.05, 0.1) is 25.3 Å². The van der Waals surface area contributed by atoms with Crippen molar-refractivity contribution in [1.82, 2.24) is 4.90 Å². The highest BCUT2D eigenvalue weighted by atomic mass is 35.5. The van der Waals surface area contributed by atoms with Gasteiger partial charge in [-0.1, -0.05) is 77.8 Å². The third kappa shape index (κ3) is 3.74. The maximum absolute atomic E-state index is 14.3. The second kappa shape index (κ2) is 9.69. The van der Waals surface area contributed by atoms with E-state index in [4.69, 9.17) is 32.7 Å². The summed E-state index contributed by atoms with van der Waals surface area (Å²) >= 11 is 12.6. The van der Waals surface area contributed by atoms with E-state index >= 15 is 0 Å². The molecule has 0 radical (unpaired) electrons. The van der Waals surface area contributed by atoms with Crippen LogP contribution < -0.4 is 0 Å². The van der Waals surface area contributed by atoms with E-state index in [1.807, 2.05) is 36.4 Å². The topological polar surface area (TPSA) is 72.9 Å². The number of fused-ring (bicyclic) bond motifs is 3. The Morgan fingerprint density at radius 1 is 0.865 bits per heavy atom. The summed E-state index contributed by atoms with van der Waals surface area (Å²) < 4.78 is 10.6. The average Bonchev–Trinajstić information content (AvgIpc) is 3.24. The number of carbonyl (C=O) groups is 3. The summed E-state index contributed by atoms with van der Waals surface area (Å²) in [5.41, 5.74) is 0.477. The summed E-state index contributed by atoms with van der Waals surface area (Å²) in [4.78, 5) is 43.8. The smallest absolute Gasteiger partial charge is 0.326 e. The molecule has 8 heteroatoms. The minimum Gasteiger partial charge on any atom is -0.468 e. The van der Waals surface area contributed by atoms with Gasteiger partial charge in [-0.2, -0.15) is 0 Å². The molecule has 5 rings (SSSR count). The number of methoxy groups -OCH3 is 2. The van der Waals surface area contributed by atoms with Crippen molar-refractivity contribution in [1.29, 1.82) is 0 Å². The normalized spacial score (nSPS) is 21.1. The molecule has 6 nitrogen and oxygen atoms in total. The molecular weight excluding hydrogens is 513 g/mol. The molecule has 3 unspecified atom stereocenters. The van der Waals surface area contributed by atoms with Crippen molar-refractivity contribution < 1.29 is 23.9 Å². The van der Waals surface area contributed by atoms with E-state index < -0.39 is 35.4 Å². The summed E-state index contributed by atoms with van der Waals surface area (Å²) in [7, 11) is 2.46. The van der Waals surface area contributed by atoms with Gasteiger partial charge in [-0.05, 0) is 41.0 Å². The molecule has 0 saturated carbocycles. The number of ether oxygens (including phenoxy) is 2. The highest BCUT2D eigenvalue weighted by Crippen LogP contribution is 2.61. The molecule has 0 bridgehead atoms. The van der Waals surface area contributed by atoms with Gasteiger partial charge in [0.15, 0.2) is 11.2 Å². The van der Waals surface area contributed by atoms with Gasteiger partial charge in [-0.3, -0.25) is 14.4 Å². The molecule has 37 heavy (non-hydrogen) atoms. The van der Waals surface area contributed by atoms with E-state index in [0.717, 1.165) is 5.56 Å². The van der Waals surface area contributed by atoms with Crippen molar-refractivity contribution in [3.63, 3.8) is 0 Å². The van der Waals surface area contributed by atoms with Crippen molar-refractivity contribution in [3.8, 4) is 0 Å². The molecule has 1 fully saturated rings. The summed E-state index contributed by atoms with van der Waals surface area (Å²) in [6, 6.07) is 19.2. The second-order valence-electron chi connectivity index (χ2n) is 8.97. The van der Waals surface area contributed by atoms with Crippen LogP contribution in [-0.2, 0) is 19.1 Å². The third-order valence-corrected chi connectivity index (χ3v) is 7.79. The molecule has 0 spiro atoms. The first-order valence-corrected chi connectivity index (χ1v) is 12.4. The van der Waals surface area contributed by atoms with Crippen LogP contribution in [0.5, 0.6) is 0 Å². The van der Waals surface area contributed by atoms with Gasteiger partial charge in [0, 0.05) is 22.7 Å². The van der Waals surface area contributed by atoms with Crippen LogP contribution in [0.3, 0.4) is 0 Å². The lowest BCUT2D eigenvalue weighted by Gasteiger charge is -2.38. The van der Waals surface area contributed by atoms with Crippen LogP contribution >= 0.6 is 23.2 Å². The molecule has 0 aliphatic carbocycles. The van der Waals surface area contributed by atoms with Gasteiger partial charge in [0.25, 0.3) is 0 Å². The van der Waals surface area contributed by atoms with E-state index in [-0.39, 0.29) is 16.4 Å². The van der Waals surface area contributed by atoms with E-state index in [1.165, 1.54) is 20.3 Å². The Balaban J connectivity index is 1.85. The fourth-order valence-electron chi connectivity index (χ4n) is 5.79. The Bertz CT molecular complexity index is 1400. The fourth-order valence-corrected chi connectivity index (χ4v) is 6.29. The summed E-state index contributed by atoms with van der Waals surface area (Å²) in [6.45, 7) is 0. The maximum atomic E-state index is 14.3. The number of hydrogen-bond acceptors (Lipinski definition) is 6. The second-order valence-corrected chi connectivity index (χ2v) is 9.81. The lowest BCUT2D eigenvalue weighted by Crippen LogP contribution is -2.49. The number of nitrogens with zero attached hydrogens (tertiary/aromatic N) is 1. The first-order chi connectivity index (χ1) is 17.9. The fraction of sp³-hybridized carbons (Fsp3) is 0.207. The number of halogens is 2. The SMILES string of the molecule is COC(=O)C1(C(=O)OC)C(c2ccccc2)C(C(=O)c2ccc(Cl)cc2Cl)N2C=Cc3ccccc3C21. The number of Topliss-reactive ketones (excluding diaryl/α,β-unsaturated/α-hetero) is 1. The molecule has 0 amide bonds. The largest absolute Gasteiger partial charge is 0.468 e. The maximum Gasteiger partial charge on any atom is 0.326 e. The van der Waals surface area contributed by atoms with Crippen molar-refractivity contribution in [2.75, 3.05) is 14.2 Å². The number of benzene rings is 3. The van der Waals surface area contributed by atoms with Crippen molar-refractivity contribution >= 4 is 47.0 Å². The zero-order chi connectivity index (χ0) is 26.3. The minimum absolute atomic E-state index is 0.177. The van der Waals surface area contributed by atoms with E-state index in [1.54, 1.807) is 47.5 Å². The molecule has 3 aromatic rings. The van der Waals surface area contributed by atoms with Crippen LogP contribution in [0.15, 0.2) is 79.0 Å². The van der Waals surface area contributed by atoms with Gasteiger partial charge >= 0.3 is 11.9 Å². The molecule has 2 aliphatic rings.